The van der Waals surface area contributed by atoms with E-state index < -0.39 is 53.1 Å². The number of aliphatic carboxylic acids is 2. The van der Waals surface area contributed by atoms with Crippen molar-refractivity contribution in [3.05, 3.63) is 35.4 Å². The van der Waals surface area contributed by atoms with Crippen LogP contribution in [0.4, 0.5) is 0 Å². The molecule has 2 fully saturated rings. The van der Waals surface area contributed by atoms with Crippen molar-refractivity contribution >= 4 is 23.8 Å². The van der Waals surface area contributed by atoms with E-state index in [4.69, 9.17) is 10.8 Å². The zero-order chi connectivity index (χ0) is 18.5. The highest BCUT2D eigenvalue weighted by Gasteiger charge is 2.74. The molecular formula is C16H16N2O7. The Hall–Kier alpha value is -2.94. The molecule has 0 aliphatic heterocycles. The fourth-order valence-corrected chi connectivity index (χ4v) is 3.94. The summed E-state index contributed by atoms with van der Waals surface area (Å²) in [6, 6.07) is 4.83. The first-order valence-electron chi connectivity index (χ1n) is 7.56. The molecule has 0 radical (unpaired) electrons. The van der Waals surface area contributed by atoms with E-state index >= 15 is 0 Å². The average molecular weight is 348 g/mol. The highest BCUT2D eigenvalue weighted by atomic mass is 16.4. The third-order valence-corrected chi connectivity index (χ3v) is 5.09. The van der Waals surface area contributed by atoms with E-state index in [0.717, 1.165) is 0 Å². The molecule has 0 aromatic heterocycles. The molecule has 0 saturated heterocycles. The van der Waals surface area contributed by atoms with Gasteiger partial charge in [-0.25, -0.2) is 4.79 Å². The SMILES string of the molecule is NC1(C(=O)O)CC(NC(=O)c2ccccc2C(=O)O)C2C1[C@H]2C(=O)O. The van der Waals surface area contributed by atoms with Crippen molar-refractivity contribution in [2.75, 3.05) is 0 Å². The Kier molecular flexibility index (Phi) is 3.76. The number of nitrogens with one attached hydrogen (secondary N) is 1. The average Bonchev–Trinajstić information content (AvgIpc) is 3.23. The number of carboxylic acids is 3. The molecule has 4 unspecified atom stereocenters. The Morgan fingerprint density at radius 3 is 2.20 bits per heavy atom. The van der Waals surface area contributed by atoms with Crippen LogP contribution in [-0.4, -0.2) is 50.7 Å². The third kappa shape index (κ3) is 2.52. The number of amides is 1. The number of nitrogens with two attached hydrogens (primary N) is 1. The second-order valence-electron chi connectivity index (χ2n) is 6.45. The van der Waals surface area contributed by atoms with E-state index in [9.17, 15) is 29.4 Å². The summed E-state index contributed by atoms with van der Waals surface area (Å²) in [5.41, 5.74) is 3.89. The van der Waals surface area contributed by atoms with Gasteiger partial charge in [-0.1, -0.05) is 12.1 Å². The van der Waals surface area contributed by atoms with E-state index in [1.54, 1.807) is 0 Å². The van der Waals surface area contributed by atoms with Gasteiger partial charge < -0.3 is 26.4 Å². The molecular weight excluding hydrogens is 332 g/mol. The van der Waals surface area contributed by atoms with Crippen LogP contribution in [0, 0.1) is 17.8 Å². The van der Waals surface area contributed by atoms with Gasteiger partial charge in [0.25, 0.3) is 5.91 Å². The van der Waals surface area contributed by atoms with Crippen molar-refractivity contribution < 1.29 is 34.5 Å². The van der Waals surface area contributed by atoms with Gasteiger partial charge in [0.05, 0.1) is 17.0 Å². The molecule has 0 bridgehead atoms. The van der Waals surface area contributed by atoms with Gasteiger partial charge in [0.15, 0.2) is 0 Å². The number of carbonyl (C=O) groups is 4. The number of rotatable bonds is 5. The summed E-state index contributed by atoms with van der Waals surface area (Å²) in [5.74, 6) is -6.72. The van der Waals surface area contributed by atoms with Crippen molar-refractivity contribution in [3.8, 4) is 0 Å². The summed E-state index contributed by atoms with van der Waals surface area (Å²) in [7, 11) is 0. The van der Waals surface area contributed by atoms with Crippen molar-refractivity contribution in [2.45, 2.75) is 18.0 Å². The van der Waals surface area contributed by atoms with Gasteiger partial charge >= 0.3 is 17.9 Å². The molecule has 9 heteroatoms. The molecule has 25 heavy (non-hydrogen) atoms. The van der Waals surface area contributed by atoms with E-state index in [1.165, 1.54) is 24.3 Å². The van der Waals surface area contributed by atoms with E-state index in [0.29, 0.717) is 0 Å². The lowest BCUT2D eigenvalue weighted by Crippen LogP contribution is -2.52. The fraction of sp³-hybridized carbons (Fsp3) is 0.375. The number of hydrogen-bond acceptors (Lipinski definition) is 5. The lowest BCUT2D eigenvalue weighted by Gasteiger charge is -2.25. The van der Waals surface area contributed by atoms with Gasteiger partial charge in [-0.15, -0.1) is 0 Å². The first-order chi connectivity index (χ1) is 11.7. The summed E-state index contributed by atoms with van der Waals surface area (Å²) in [6.07, 6.45) is -0.109. The van der Waals surface area contributed by atoms with Crippen LogP contribution in [0.5, 0.6) is 0 Å². The molecule has 1 amide bonds. The van der Waals surface area contributed by atoms with Crippen LogP contribution >= 0.6 is 0 Å². The van der Waals surface area contributed by atoms with E-state index in [-0.39, 0.29) is 17.5 Å². The van der Waals surface area contributed by atoms with Gasteiger partial charge in [-0.3, -0.25) is 14.4 Å². The van der Waals surface area contributed by atoms with Crippen LogP contribution in [0.3, 0.4) is 0 Å². The summed E-state index contributed by atoms with van der Waals surface area (Å²) < 4.78 is 0. The third-order valence-electron chi connectivity index (χ3n) is 5.09. The van der Waals surface area contributed by atoms with Crippen LogP contribution in [-0.2, 0) is 9.59 Å². The molecule has 9 nitrogen and oxygen atoms in total. The second kappa shape index (κ2) is 5.55. The van der Waals surface area contributed by atoms with Gasteiger partial charge in [0.1, 0.15) is 5.54 Å². The molecule has 2 saturated carbocycles. The molecule has 1 aromatic rings. The predicted molar refractivity (Wildman–Crippen MR) is 81.9 cm³/mol. The Balaban J connectivity index is 1.84. The lowest BCUT2D eigenvalue weighted by atomic mass is 9.90. The summed E-state index contributed by atoms with van der Waals surface area (Å²) in [4.78, 5) is 46.4. The monoisotopic (exact) mass is 348 g/mol. The summed E-state index contributed by atoms with van der Waals surface area (Å²) >= 11 is 0. The fourth-order valence-electron chi connectivity index (χ4n) is 3.94. The Morgan fingerprint density at radius 1 is 1.08 bits per heavy atom. The smallest absolute Gasteiger partial charge is 0.336 e. The Morgan fingerprint density at radius 2 is 1.68 bits per heavy atom. The maximum absolute atomic E-state index is 12.4. The van der Waals surface area contributed by atoms with Gasteiger partial charge in [-0.2, -0.15) is 0 Å². The van der Waals surface area contributed by atoms with Gasteiger partial charge in [0.2, 0.25) is 0 Å². The number of fused-ring (bicyclic) bond motifs is 1. The summed E-state index contributed by atoms with van der Waals surface area (Å²) in [5, 5.41) is 30.3. The zero-order valence-corrected chi connectivity index (χ0v) is 12.9. The molecule has 2 aliphatic rings. The maximum atomic E-state index is 12.4. The van der Waals surface area contributed by atoms with Gasteiger partial charge in [0, 0.05) is 12.0 Å². The second-order valence-corrected chi connectivity index (χ2v) is 6.45. The molecule has 0 heterocycles. The van der Waals surface area contributed by atoms with Crippen molar-refractivity contribution in [1.29, 1.82) is 0 Å². The largest absolute Gasteiger partial charge is 0.481 e. The van der Waals surface area contributed by atoms with Crippen LogP contribution < -0.4 is 11.1 Å². The van der Waals surface area contributed by atoms with Crippen molar-refractivity contribution in [3.63, 3.8) is 0 Å². The molecule has 132 valence electrons. The normalized spacial score (nSPS) is 32.5. The standard InChI is InChI=1S/C16H16N2O7/c17-16(15(24)25)5-8(9-10(11(9)16)14(22)23)18-12(19)6-3-1-2-4-7(6)13(20)21/h1-4,8-11H,5,17H2,(H,18,19)(H,20,21)(H,22,23)(H,24,25)/t8?,9?,10-,11?,16?/m0/s1. The minimum atomic E-state index is -1.72. The Bertz CT molecular complexity index is 792. The highest BCUT2D eigenvalue weighted by Crippen LogP contribution is 2.61. The van der Waals surface area contributed by atoms with E-state index in [1.807, 2.05) is 0 Å². The van der Waals surface area contributed by atoms with Crippen LogP contribution in [0.15, 0.2) is 24.3 Å². The highest BCUT2D eigenvalue weighted by molar-refractivity contribution is 6.05. The number of carbonyl (C=O) groups excluding carboxylic acids is 1. The van der Waals surface area contributed by atoms with Crippen LogP contribution in [0.2, 0.25) is 0 Å². The predicted octanol–water partition coefficient (Wildman–Crippen LogP) is -0.384. The molecule has 1 aromatic carbocycles. The molecule has 2 aliphatic carbocycles. The van der Waals surface area contributed by atoms with Gasteiger partial charge in [-0.05, 0) is 24.5 Å². The first-order valence-corrected chi connectivity index (χ1v) is 7.56. The topological polar surface area (TPSA) is 167 Å². The van der Waals surface area contributed by atoms with Crippen molar-refractivity contribution in [1.82, 2.24) is 5.32 Å². The van der Waals surface area contributed by atoms with E-state index in [2.05, 4.69) is 5.32 Å². The van der Waals surface area contributed by atoms with Crippen LogP contribution in [0.25, 0.3) is 0 Å². The molecule has 5 atom stereocenters. The summed E-state index contributed by atoms with van der Waals surface area (Å²) in [6.45, 7) is 0. The minimum absolute atomic E-state index is 0.0797. The first kappa shape index (κ1) is 16.9. The number of aromatic carboxylic acids is 1. The number of benzene rings is 1. The minimum Gasteiger partial charge on any atom is -0.481 e. The number of carboxylic acid groups (broad SMARTS) is 3. The molecule has 0 spiro atoms. The molecule has 6 N–H and O–H groups in total. The van der Waals surface area contributed by atoms with Crippen LogP contribution in [0.1, 0.15) is 27.1 Å². The maximum Gasteiger partial charge on any atom is 0.336 e. The van der Waals surface area contributed by atoms with Crippen molar-refractivity contribution in [2.24, 2.45) is 23.5 Å². The Labute approximate surface area is 141 Å². The molecule has 3 rings (SSSR count). The lowest BCUT2D eigenvalue weighted by molar-refractivity contribution is -0.145. The zero-order valence-electron chi connectivity index (χ0n) is 12.9. The quantitative estimate of drug-likeness (QED) is 0.480. The number of hydrogen-bond donors (Lipinski definition) is 5.